The third-order valence-corrected chi connectivity index (χ3v) is 18.2. The largest absolute Gasteiger partial charge is 0.524 e. The van der Waals surface area contributed by atoms with Gasteiger partial charge in [0.25, 0.3) is 0 Å². The van der Waals surface area contributed by atoms with Crippen molar-refractivity contribution in [3.63, 3.8) is 0 Å². The number of Topliss-reactive ketones (excluding diaryl/α,β-unsaturated/α-hetero) is 1. The molecule has 1 aliphatic heterocycles. The summed E-state index contributed by atoms with van der Waals surface area (Å²) in [5.74, 6) is -0.899. The molecule has 16 heteroatoms. The molecule has 0 aromatic heterocycles. The van der Waals surface area contributed by atoms with E-state index >= 15 is 0 Å². The normalized spacial score (nSPS) is 29.4. The highest BCUT2D eigenvalue weighted by Gasteiger charge is 2.76. The van der Waals surface area contributed by atoms with Crippen molar-refractivity contribution >= 4 is 25.4 Å². The number of phosphoric acid groups is 1. The van der Waals surface area contributed by atoms with E-state index in [0.717, 1.165) is 109 Å². The van der Waals surface area contributed by atoms with Crippen LogP contribution in [0.15, 0.2) is 96.6 Å². The SMILES string of the molecule is C[C@]12C=CC(=O)C=C1CC[C@@H]1[C@@H]2[C@@H](O)C[C@@]2(C)[C@H]1CC1O[C@@H](C3CCCCC3)O[C@]12C(=O)COC(=O)c1ccc(OCc2cc(C(O)CNCCCCCCOCCCCc3ccccc3)ccc2OP(=O)(O)O)cc1. The Labute approximate surface area is 447 Å². The molecule has 3 aromatic rings. The highest BCUT2D eigenvalue weighted by atomic mass is 31.2. The van der Waals surface area contributed by atoms with Crippen molar-refractivity contribution in [2.75, 3.05) is 32.9 Å². The molecule has 0 spiro atoms. The first-order valence-corrected chi connectivity index (χ1v) is 29.4. The van der Waals surface area contributed by atoms with Crippen LogP contribution in [0.4, 0.5) is 0 Å². The van der Waals surface area contributed by atoms with Crippen molar-refractivity contribution in [1.82, 2.24) is 5.32 Å². The first kappa shape index (κ1) is 56.2. The van der Waals surface area contributed by atoms with Crippen LogP contribution in [-0.4, -0.2) is 94.5 Å². The second kappa shape index (κ2) is 24.6. The Morgan fingerprint density at radius 2 is 1.66 bits per heavy atom. The second-order valence-electron chi connectivity index (χ2n) is 22.6. The lowest BCUT2D eigenvalue weighted by molar-refractivity contribution is -0.209. The Morgan fingerprint density at radius 3 is 2.42 bits per heavy atom. The van der Waals surface area contributed by atoms with E-state index < -0.39 is 61.4 Å². The number of aliphatic hydroxyl groups excluding tert-OH is 2. The van der Waals surface area contributed by atoms with Crippen molar-refractivity contribution in [2.45, 2.75) is 153 Å². The summed E-state index contributed by atoms with van der Waals surface area (Å²) in [5.41, 5.74) is 0.620. The number of allylic oxidation sites excluding steroid dienone is 4. The fraction of sp³-hybridized carbons (Fsp3) is 0.583. The standard InChI is InChI=1S/C60H78NO14P/c1-58-29-28-46(62)34-45(58)23-26-48-49-35-54-60(59(49,2)36-50(63)55(48)58,74-57(73-54)42-18-9-6-10-19-42)53(65)39-72-56(66)41-20-24-47(25-21-41)71-38-44-33-43(22-27-52(44)75-76(67,68)69)51(64)37-61-30-12-3-4-13-31-70-32-14-11-17-40-15-7-5-8-16-40/h5,7-8,15-16,20-22,24-25,27-29,33-34,42,48-51,54-55,57,61,63-64H,3-4,6,9-14,17-19,23,26,30-32,35-39H2,1-2H3,(H2,67,68,69)/t48-,49-,50-,51?,54?,55+,57+,58-,59-,60+/m0/s1. The average Bonchev–Trinajstić information content (AvgIpc) is 4.10. The monoisotopic (exact) mass is 1070 g/mol. The molecule has 9 rings (SSSR count). The summed E-state index contributed by atoms with van der Waals surface area (Å²) in [5, 5.41) is 26.6. The minimum Gasteiger partial charge on any atom is -0.489 e. The van der Waals surface area contributed by atoms with Crippen molar-refractivity contribution in [3.05, 3.63) is 119 Å². The van der Waals surface area contributed by atoms with E-state index in [1.54, 1.807) is 36.4 Å². The maximum absolute atomic E-state index is 15.0. The zero-order valence-electron chi connectivity index (χ0n) is 44.2. The van der Waals surface area contributed by atoms with E-state index in [1.807, 2.05) is 12.1 Å². The summed E-state index contributed by atoms with van der Waals surface area (Å²) in [4.78, 5) is 60.4. The molecule has 412 valence electrons. The minimum absolute atomic E-state index is 0.0216. The Kier molecular flexibility index (Phi) is 18.2. The van der Waals surface area contributed by atoms with E-state index in [-0.39, 0.29) is 65.3 Å². The molecule has 76 heavy (non-hydrogen) atoms. The van der Waals surface area contributed by atoms with Crippen LogP contribution >= 0.6 is 7.82 Å². The predicted octanol–water partition coefficient (Wildman–Crippen LogP) is 9.64. The van der Waals surface area contributed by atoms with Crippen molar-refractivity contribution in [1.29, 1.82) is 0 Å². The molecule has 4 saturated carbocycles. The number of hydrogen-bond acceptors (Lipinski definition) is 13. The van der Waals surface area contributed by atoms with E-state index in [4.69, 9.17) is 28.2 Å². The topological polar surface area (TPSA) is 217 Å². The van der Waals surface area contributed by atoms with Gasteiger partial charge in [-0.15, -0.1) is 0 Å². The lowest BCUT2D eigenvalue weighted by Gasteiger charge is -2.59. The molecular weight excluding hydrogens is 990 g/mol. The molecule has 15 nitrogen and oxygen atoms in total. The number of fused-ring (bicyclic) bond motifs is 7. The maximum Gasteiger partial charge on any atom is 0.524 e. The van der Waals surface area contributed by atoms with E-state index in [9.17, 15) is 38.9 Å². The van der Waals surface area contributed by atoms with Crippen molar-refractivity contribution in [3.8, 4) is 11.5 Å². The van der Waals surface area contributed by atoms with Crippen molar-refractivity contribution in [2.24, 2.45) is 34.5 Å². The van der Waals surface area contributed by atoms with E-state index in [1.165, 1.54) is 23.8 Å². The molecule has 5 N–H and O–H groups in total. The van der Waals surface area contributed by atoms with Gasteiger partial charge in [0.15, 0.2) is 24.3 Å². The van der Waals surface area contributed by atoms with Gasteiger partial charge >= 0.3 is 13.8 Å². The number of unbranched alkanes of at least 4 members (excludes halogenated alkanes) is 4. The number of phosphoric ester groups is 1. The number of carbonyl (C=O) groups excluding carboxylic acids is 3. The Hall–Kier alpha value is -4.54. The molecule has 1 heterocycles. The van der Waals surface area contributed by atoms with Crippen LogP contribution in [-0.2, 0) is 46.1 Å². The van der Waals surface area contributed by atoms with Crippen LogP contribution in [0.2, 0.25) is 0 Å². The van der Waals surface area contributed by atoms with Gasteiger partial charge in [-0.2, -0.15) is 0 Å². The molecule has 1 saturated heterocycles. The maximum atomic E-state index is 15.0. The van der Waals surface area contributed by atoms with Gasteiger partial charge in [-0.3, -0.25) is 19.4 Å². The van der Waals surface area contributed by atoms with Gasteiger partial charge < -0.3 is 43.7 Å². The van der Waals surface area contributed by atoms with Crippen LogP contribution in [0.5, 0.6) is 11.5 Å². The number of aryl methyl sites for hydroxylation is 1. The summed E-state index contributed by atoms with van der Waals surface area (Å²) in [6, 6.07) is 21.1. The second-order valence-corrected chi connectivity index (χ2v) is 23.8. The summed E-state index contributed by atoms with van der Waals surface area (Å²) < 4.78 is 48.3. The number of benzene rings is 3. The number of carbonyl (C=O) groups is 3. The zero-order chi connectivity index (χ0) is 53.5. The quantitative estimate of drug-likeness (QED) is 0.0303. The molecule has 0 radical (unpaired) electrons. The van der Waals surface area contributed by atoms with Crippen LogP contribution in [0.1, 0.15) is 143 Å². The molecule has 3 aromatic carbocycles. The van der Waals surface area contributed by atoms with Gasteiger partial charge in [0.2, 0.25) is 5.78 Å². The van der Waals surface area contributed by atoms with E-state index in [0.29, 0.717) is 30.7 Å². The Bertz CT molecular complexity index is 2600. The third kappa shape index (κ3) is 12.5. The van der Waals surface area contributed by atoms with Gasteiger partial charge in [-0.25, -0.2) is 9.36 Å². The van der Waals surface area contributed by atoms with Crippen LogP contribution < -0.4 is 14.6 Å². The van der Waals surface area contributed by atoms with Gasteiger partial charge in [0, 0.05) is 48.0 Å². The number of ether oxygens (including phenoxy) is 5. The zero-order valence-corrected chi connectivity index (χ0v) is 45.0. The number of ketones is 2. The van der Waals surface area contributed by atoms with Gasteiger partial charge in [-0.05, 0) is 149 Å². The third-order valence-electron chi connectivity index (χ3n) is 17.8. The number of esters is 1. The lowest BCUT2D eigenvalue weighted by atomic mass is 9.46. The molecule has 10 atom stereocenters. The molecule has 2 unspecified atom stereocenters. The summed E-state index contributed by atoms with van der Waals surface area (Å²) >= 11 is 0. The lowest BCUT2D eigenvalue weighted by Crippen LogP contribution is -2.63. The average molecular weight is 1070 g/mol. The number of hydrogen-bond donors (Lipinski definition) is 5. The molecule has 0 bridgehead atoms. The van der Waals surface area contributed by atoms with Gasteiger partial charge in [0.05, 0.1) is 23.9 Å². The highest BCUT2D eigenvalue weighted by molar-refractivity contribution is 7.46. The number of rotatable bonds is 25. The first-order valence-electron chi connectivity index (χ1n) is 27.9. The molecule has 5 fully saturated rings. The molecule has 0 amide bonds. The molecule has 6 aliphatic rings. The molecular formula is C60H78NO14P. The fourth-order valence-corrected chi connectivity index (χ4v) is 14.4. The summed E-state index contributed by atoms with van der Waals surface area (Å²) in [7, 11) is -4.94. The first-order chi connectivity index (χ1) is 36.6. The predicted molar refractivity (Wildman–Crippen MR) is 284 cm³/mol. The van der Waals surface area contributed by atoms with Crippen LogP contribution in [0, 0.1) is 34.5 Å². The van der Waals surface area contributed by atoms with Crippen molar-refractivity contribution < 1.29 is 67.2 Å². The number of nitrogens with one attached hydrogen (secondary N) is 1. The van der Waals surface area contributed by atoms with Gasteiger partial charge in [0.1, 0.15) is 18.1 Å². The molecule has 5 aliphatic carbocycles. The van der Waals surface area contributed by atoms with Gasteiger partial charge in [-0.1, -0.05) is 94.0 Å². The summed E-state index contributed by atoms with van der Waals surface area (Å²) in [6.45, 7) is 5.96. The van der Waals surface area contributed by atoms with E-state index in [2.05, 4.69) is 43.4 Å². The highest BCUT2D eigenvalue weighted by Crippen LogP contribution is 2.70. The Balaban J connectivity index is 0.769. The minimum atomic E-state index is -4.94. The Morgan fingerprint density at radius 1 is 0.908 bits per heavy atom. The number of aliphatic hydroxyl groups is 2. The summed E-state index contributed by atoms with van der Waals surface area (Å²) in [6.07, 6.45) is 17.2. The van der Waals surface area contributed by atoms with Crippen LogP contribution in [0.25, 0.3) is 0 Å². The fourth-order valence-electron chi connectivity index (χ4n) is 14.0. The van der Waals surface area contributed by atoms with Crippen LogP contribution in [0.3, 0.4) is 0 Å². The smallest absolute Gasteiger partial charge is 0.489 e.